The Balaban J connectivity index is 1.68. The van der Waals surface area contributed by atoms with E-state index in [1.54, 1.807) is 15.5 Å². The molecule has 0 radical (unpaired) electrons. The Bertz CT molecular complexity index is 1700. The van der Waals surface area contributed by atoms with E-state index in [1.807, 2.05) is 118 Å². The maximum atomic E-state index is 14.0. The minimum atomic E-state index is -0.587. The minimum Gasteiger partial charge on any atom is -0.492 e. The van der Waals surface area contributed by atoms with Gasteiger partial charge in [0.1, 0.15) is 11.6 Å². The fourth-order valence-electron chi connectivity index (χ4n) is 4.79. The van der Waals surface area contributed by atoms with Crippen LogP contribution in [0.2, 0.25) is 0 Å². The summed E-state index contributed by atoms with van der Waals surface area (Å²) in [6.07, 6.45) is 0. The number of anilines is 1. The van der Waals surface area contributed by atoms with E-state index < -0.39 is 6.04 Å². The first-order valence-electron chi connectivity index (χ1n) is 13.4. The van der Waals surface area contributed by atoms with Gasteiger partial charge in [-0.1, -0.05) is 72.8 Å². The van der Waals surface area contributed by atoms with Crippen molar-refractivity contribution >= 4 is 22.6 Å². The Kier molecular flexibility index (Phi) is 7.92. The monoisotopic (exact) mass is 532 g/mol. The van der Waals surface area contributed by atoms with Crippen LogP contribution in [0.3, 0.4) is 0 Å². The van der Waals surface area contributed by atoms with Crippen molar-refractivity contribution in [3.8, 4) is 11.4 Å². The van der Waals surface area contributed by atoms with Gasteiger partial charge >= 0.3 is 6.03 Å². The molecule has 1 unspecified atom stereocenters. The molecule has 4 aromatic carbocycles. The summed E-state index contributed by atoms with van der Waals surface area (Å²) in [5, 5.41) is 3.56. The summed E-state index contributed by atoms with van der Waals surface area (Å²) in [4.78, 5) is 34.6. The molecule has 0 aliphatic rings. The summed E-state index contributed by atoms with van der Waals surface area (Å²) in [5.74, 6) is 1.00. The van der Waals surface area contributed by atoms with E-state index >= 15 is 0 Å². The van der Waals surface area contributed by atoms with Crippen molar-refractivity contribution in [2.75, 3.05) is 11.9 Å². The number of nitrogens with one attached hydrogen (secondary N) is 1. The van der Waals surface area contributed by atoms with Crippen LogP contribution in [0.25, 0.3) is 16.6 Å². The van der Waals surface area contributed by atoms with Crippen LogP contribution in [-0.2, 0) is 6.54 Å². The second-order valence-corrected chi connectivity index (χ2v) is 9.56. The van der Waals surface area contributed by atoms with Gasteiger partial charge in [0.2, 0.25) is 0 Å². The molecule has 1 N–H and O–H groups in total. The molecule has 0 aliphatic carbocycles. The molecule has 5 aromatic rings. The number of hydrogen-bond donors (Lipinski definition) is 1. The Morgan fingerprint density at radius 1 is 0.925 bits per heavy atom. The zero-order valence-electron chi connectivity index (χ0n) is 22.9. The lowest BCUT2D eigenvalue weighted by molar-refractivity contribution is 0.185. The molecule has 202 valence electrons. The molecule has 0 saturated carbocycles. The lowest BCUT2D eigenvalue weighted by Crippen LogP contribution is -2.39. The SMILES string of the molecule is CCOc1ccccc1-n1c(C(C)N(Cc2ccccc2)C(=O)Nc2ccccc2C)nc2ccccc2c1=O. The van der Waals surface area contributed by atoms with Crippen molar-refractivity contribution in [3.05, 3.63) is 130 Å². The van der Waals surface area contributed by atoms with Gasteiger partial charge in [0, 0.05) is 12.2 Å². The predicted octanol–water partition coefficient (Wildman–Crippen LogP) is 6.89. The van der Waals surface area contributed by atoms with Crippen LogP contribution < -0.4 is 15.6 Å². The molecule has 5 rings (SSSR count). The number of aromatic nitrogens is 2. The van der Waals surface area contributed by atoms with Gasteiger partial charge in [-0.15, -0.1) is 0 Å². The Hall–Kier alpha value is -4.91. The molecule has 7 nitrogen and oxygen atoms in total. The molecule has 1 aromatic heterocycles. The topological polar surface area (TPSA) is 76.5 Å². The van der Waals surface area contributed by atoms with E-state index in [1.165, 1.54) is 0 Å². The molecule has 40 heavy (non-hydrogen) atoms. The second kappa shape index (κ2) is 11.9. The van der Waals surface area contributed by atoms with Crippen molar-refractivity contribution in [2.24, 2.45) is 0 Å². The second-order valence-electron chi connectivity index (χ2n) is 9.56. The minimum absolute atomic E-state index is 0.224. The number of para-hydroxylation sites is 4. The zero-order chi connectivity index (χ0) is 28.1. The van der Waals surface area contributed by atoms with E-state index in [0.717, 1.165) is 16.8 Å². The van der Waals surface area contributed by atoms with E-state index in [2.05, 4.69) is 5.32 Å². The van der Waals surface area contributed by atoms with Crippen LogP contribution in [0.4, 0.5) is 10.5 Å². The number of amides is 2. The van der Waals surface area contributed by atoms with Gasteiger partial charge in [-0.05, 0) is 62.2 Å². The number of hydrogen-bond acceptors (Lipinski definition) is 4. The molecule has 1 atom stereocenters. The van der Waals surface area contributed by atoms with E-state index in [0.29, 0.717) is 41.3 Å². The van der Waals surface area contributed by atoms with Gasteiger partial charge in [0.25, 0.3) is 5.56 Å². The maximum Gasteiger partial charge on any atom is 0.322 e. The Morgan fingerprint density at radius 2 is 1.60 bits per heavy atom. The number of carbonyl (C=O) groups excluding carboxylic acids is 1. The predicted molar refractivity (Wildman–Crippen MR) is 159 cm³/mol. The quantitative estimate of drug-likeness (QED) is 0.236. The number of urea groups is 1. The van der Waals surface area contributed by atoms with Crippen molar-refractivity contribution in [1.29, 1.82) is 0 Å². The average molecular weight is 533 g/mol. The van der Waals surface area contributed by atoms with Crippen molar-refractivity contribution in [3.63, 3.8) is 0 Å². The van der Waals surface area contributed by atoms with Crippen molar-refractivity contribution in [2.45, 2.75) is 33.4 Å². The van der Waals surface area contributed by atoms with E-state index in [9.17, 15) is 9.59 Å². The van der Waals surface area contributed by atoms with Crippen molar-refractivity contribution < 1.29 is 9.53 Å². The van der Waals surface area contributed by atoms with E-state index in [4.69, 9.17) is 9.72 Å². The highest BCUT2D eigenvalue weighted by atomic mass is 16.5. The number of carbonyl (C=O) groups is 1. The Labute approximate surface area is 233 Å². The molecule has 0 spiro atoms. The van der Waals surface area contributed by atoms with Crippen molar-refractivity contribution in [1.82, 2.24) is 14.5 Å². The molecule has 2 amide bonds. The number of benzene rings is 4. The van der Waals surface area contributed by atoms with Gasteiger partial charge in [-0.25, -0.2) is 9.78 Å². The van der Waals surface area contributed by atoms with Gasteiger partial charge in [-0.3, -0.25) is 9.36 Å². The highest BCUT2D eigenvalue weighted by Gasteiger charge is 2.28. The lowest BCUT2D eigenvalue weighted by Gasteiger charge is -2.31. The summed E-state index contributed by atoms with van der Waals surface area (Å²) in [7, 11) is 0. The first-order chi connectivity index (χ1) is 19.5. The number of rotatable bonds is 8. The molecule has 0 aliphatic heterocycles. The summed E-state index contributed by atoms with van der Waals surface area (Å²) >= 11 is 0. The molecule has 0 fully saturated rings. The van der Waals surface area contributed by atoms with Crippen LogP contribution in [0.1, 0.15) is 36.8 Å². The molecular weight excluding hydrogens is 500 g/mol. The van der Waals surface area contributed by atoms with Gasteiger partial charge in [-0.2, -0.15) is 0 Å². The third kappa shape index (κ3) is 5.45. The fraction of sp³-hybridized carbons (Fsp3) is 0.182. The summed E-state index contributed by atoms with van der Waals surface area (Å²) in [6, 6.07) is 31.2. The first-order valence-corrected chi connectivity index (χ1v) is 13.4. The highest BCUT2D eigenvalue weighted by Crippen LogP contribution is 2.29. The molecular formula is C33H32N4O3. The largest absolute Gasteiger partial charge is 0.492 e. The fourth-order valence-corrected chi connectivity index (χ4v) is 4.79. The summed E-state index contributed by atoms with van der Waals surface area (Å²) < 4.78 is 7.49. The normalized spacial score (nSPS) is 11.7. The molecule has 1 heterocycles. The van der Waals surface area contributed by atoms with Gasteiger partial charge in [0.15, 0.2) is 0 Å². The molecule has 0 bridgehead atoms. The van der Waals surface area contributed by atoms with Gasteiger partial charge < -0.3 is 15.0 Å². The van der Waals surface area contributed by atoms with Crippen LogP contribution in [0.5, 0.6) is 5.75 Å². The third-order valence-corrected chi connectivity index (χ3v) is 6.89. The van der Waals surface area contributed by atoms with Crippen LogP contribution in [-0.4, -0.2) is 27.1 Å². The van der Waals surface area contributed by atoms with Crippen LogP contribution in [0, 0.1) is 6.92 Å². The van der Waals surface area contributed by atoms with Crippen LogP contribution in [0.15, 0.2) is 108 Å². The first kappa shape index (κ1) is 26.7. The summed E-state index contributed by atoms with van der Waals surface area (Å²) in [6.45, 7) is 6.51. The average Bonchev–Trinajstić information content (AvgIpc) is 2.98. The van der Waals surface area contributed by atoms with E-state index in [-0.39, 0.29) is 11.6 Å². The Morgan fingerprint density at radius 3 is 2.38 bits per heavy atom. The number of nitrogens with zero attached hydrogens (tertiary/aromatic N) is 3. The standard InChI is InChI=1S/C33H32N4O3/c1-4-40-30-21-13-12-20-29(30)37-31(34-28-19-11-9-17-26(28)32(37)38)24(3)36(22-25-15-6-5-7-16-25)33(39)35-27-18-10-8-14-23(27)2/h5-21,24H,4,22H2,1-3H3,(H,35,39). The molecule has 7 heteroatoms. The number of aryl methyl sites for hydroxylation is 1. The summed E-state index contributed by atoms with van der Waals surface area (Å²) in [5.41, 5.74) is 3.56. The van der Waals surface area contributed by atoms with Crippen LogP contribution >= 0.6 is 0 Å². The number of fused-ring (bicyclic) bond motifs is 1. The number of ether oxygens (including phenoxy) is 1. The smallest absolute Gasteiger partial charge is 0.322 e. The zero-order valence-corrected chi connectivity index (χ0v) is 22.9. The molecule has 0 saturated heterocycles. The third-order valence-electron chi connectivity index (χ3n) is 6.89. The highest BCUT2D eigenvalue weighted by molar-refractivity contribution is 5.90. The van der Waals surface area contributed by atoms with Gasteiger partial charge in [0.05, 0.1) is 29.2 Å². The lowest BCUT2D eigenvalue weighted by atomic mass is 10.1. The maximum absolute atomic E-state index is 14.0.